The van der Waals surface area contributed by atoms with Crippen molar-refractivity contribution in [2.75, 3.05) is 6.54 Å². The third-order valence-corrected chi connectivity index (χ3v) is 7.66. The minimum absolute atomic E-state index is 0.0786. The normalized spacial score (nSPS) is 21.6. The van der Waals surface area contributed by atoms with Gasteiger partial charge in [0.05, 0.1) is 10.6 Å². The van der Waals surface area contributed by atoms with Gasteiger partial charge in [-0.25, -0.2) is 13.2 Å². The molecule has 0 saturated carbocycles. The zero-order chi connectivity index (χ0) is 20.6. The smallest absolute Gasteiger partial charge is 0.342 e. The van der Waals surface area contributed by atoms with Crippen molar-refractivity contribution >= 4 is 32.9 Å². The molecule has 5 rings (SSSR count). The number of aromatic nitrogens is 1. The predicted molar refractivity (Wildman–Crippen MR) is 107 cm³/mol. The van der Waals surface area contributed by atoms with Crippen LogP contribution in [0.3, 0.4) is 0 Å². The molecule has 2 aliphatic rings. The zero-order valence-corrected chi connectivity index (χ0v) is 16.8. The zero-order valence-electron chi connectivity index (χ0n) is 16.0. The van der Waals surface area contributed by atoms with Crippen molar-refractivity contribution in [1.29, 1.82) is 0 Å². The second-order valence-corrected chi connectivity index (χ2v) is 9.45. The third kappa shape index (κ3) is 2.20. The summed E-state index contributed by atoms with van der Waals surface area (Å²) in [6.45, 7) is 3.72. The van der Waals surface area contributed by atoms with Crippen molar-refractivity contribution in [3.8, 4) is 0 Å². The van der Waals surface area contributed by atoms with Gasteiger partial charge in [-0.15, -0.1) is 4.31 Å². The molecule has 8 heteroatoms. The molecule has 29 heavy (non-hydrogen) atoms. The van der Waals surface area contributed by atoms with Crippen LogP contribution in [0.1, 0.15) is 23.7 Å². The first kappa shape index (κ1) is 17.9. The molecule has 0 aliphatic carbocycles. The van der Waals surface area contributed by atoms with Crippen molar-refractivity contribution in [3.05, 3.63) is 65.4 Å². The molecule has 2 aliphatic heterocycles. The summed E-state index contributed by atoms with van der Waals surface area (Å²) in [4.78, 5) is 31.1. The number of carbonyl (C=O) groups is 2. The number of aromatic amines is 1. The molecule has 1 fully saturated rings. The van der Waals surface area contributed by atoms with E-state index >= 15 is 0 Å². The highest BCUT2D eigenvalue weighted by Crippen LogP contribution is 2.45. The Morgan fingerprint density at radius 3 is 2.45 bits per heavy atom. The molecular formula is C21H19N3O4S. The molecule has 1 atom stereocenters. The Morgan fingerprint density at radius 1 is 1.03 bits per heavy atom. The number of amides is 3. The molecule has 1 aromatic heterocycles. The highest BCUT2D eigenvalue weighted by atomic mass is 32.2. The lowest BCUT2D eigenvalue weighted by Crippen LogP contribution is -2.49. The summed E-state index contributed by atoms with van der Waals surface area (Å²) in [6.07, 6.45) is 0.548. The number of nitrogens with zero attached hydrogens (tertiary/aromatic N) is 2. The number of para-hydroxylation sites is 1. The molecule has 1 unspecified atom stereocenters. The first-order valence-electron chi connectivity index (χ1n) is 9.34. The lowest BCUT2D eigenvalue weighted by Gasteiger charge is -2.35. The maximum absolute atomic E-state index is 13.5. The Bertz CT molecular complexity index is 1290. The summed E-state index contributed by atoms with van der Waals surface area (Å²) >= 11 is 0. The summed E-state index contributed by atoms with van der Waals surface area (Å²) in [5.41, 5.74) is 1.90. The maximum Gasteiger partial charge on any atom is 0.342 e. The number of imide groups is 1. The van der Waals surface area contributed by atoms with E-state index in [-0.39, 0.29) is 11.4 Å². The van der Waals surface area contributed by atoms with E-state index < -0.39 is 27.5 Å². The van der Waals surface area contributed by atoms with Gasteiger partial charge >= 0.3 is 6.03 Å². The molecule has 3 aromatic rings. The van der Waals surface area contributed by atoms with Gasteiger partial charge in [-0.05, 0) is 44.0 Å². The highest BCUT2D eigenvalue weighted by molar-refractivity contribution is 7.90. The Morgan fingerprint density at radius 2 is 1.72 bits per heavy atom. The lowest BCUT2D eigenvalue weighted by molar-refractivity contribution is -0.130. The van der Waals surface area contributed by atoms with E-state index in [2.05, 4.69) is 4.98 Å². The molecule has 2 aromatic carbocycles. The standard InChI is InChI=1S/C21H19N3O4S/c1-13-7-9-14(10-8-13)29(27,28)24-19(25)21(2)18-16(11-12-23(21)20(24)26)15-5-3-4-6-17(15)22-18/h3-10,22H,11-12H2,1-2H3. The number of aryl methyl sites for hydroxylation is 1. The average Bonchev–Trinajstić information content (AvgIpc) is 3.17. The van der Waals surface area contributed by atoms with Crippen LogP contribution in [0.15, 0.2) is 53.4 Å². The van der Waals surface area contributed by atoms with E-state index in [0.717, 1.165) is 22.0 Å². The van der Waals surface area contributed by atoms with Crippen molar-refractivity contribution < 1.29 is 18.0 Å². The van der Waals surface area contributed by atoms with Gasteiger partial charge in [-0.2, -0.15) is 0 Å². The number of H-pyrrole nitrogens is 1. The largest absolute Gasteiger partial charge is 0.356 e. The topological polar surface area (TPSA) is 90.6 Å². The van der Waals surface area contributed by atoms with Gasteiger partial charge in [-0.1, -0.05) is 35.9 Å². The number of carbonyl (C=O) groups excluding carboxylic acids is 2. The van der Waals surface area contributed by atoms with Crippen LogP contribution in [0.25, 0.3) is 10.9 Å². The molecule has 0 radical (unpaired) electrons. The maximum atomic E-state index is 13.5. The monoisotopic (exact) mass is 409 g/mol. The van der Waals surface area contributed by atoms with Crippen LogP contribution in [0, 0.1) is 6.92 Å². The van der Waals surface area contributed by atoms with E-state index in [1.54, 1.807) is 19.1 Å². The molecular weight excluding hydrogens is 390 g/mol. The number of hydrogen-bond acceptors (Lipinski definition) is 4. The Labute approximate surface area is 168 Å². The van der Waals surface area contributed by atoms with Gasteiger partial charge in [0.1, 0.15) is 0 Å². The van der Waals surface area contributed by atoms with Crippen molar-refractivity contribution in [1.82, 2.24) is 14.2 Å². The van der Waals surface area contributed by atoms with Crippen LogP contribution in [0.4, 0.5) is 4.79 Å². The van der Waals surface area contributed by atoms with Gasteiger partial charge in [0.25, 0.3) is 15.9 Å². The summed E-state index contributed by atoms with van der Waals surface area (Å²) in [7, 11) is -4.30. The summed E-state index contributed by atoms with van der Waals surface area (Å²) < 4.78 is 26.8. The quantitative estimate of drug-likeness (QED) is 0.659. The molecule has 0 spiro atoms. The van der Waals surface area contributed by atoms with Crippen LogP contribution < -0.4 is 0 Å². The predicted octanol–water partition coefficient (Wildman–Crippen LogP) is 2.90. The van der Waals surface area contributed by atoms with Crippen molar-refractivity contribution in [2.24, 2.45) is 0 Å². The fourth-order valence-corrected chi connectivity index (χ4v) is 5.78. The van der Waals surface area contributed by atoms with Crippen LogP contribution in [-0.4, -0.2) is 41.1 Å². The van der Waals surface area contributed by atoms with Gasteiger partial charge in [0, 0.05) is 17.4 Å². The fraction of sp³-hybridized carbons (Fsp3) is 0.238. The van der Waals surface area contributed by atoms with E-state index in [1.165, 1.54) is 17.0 Å². The van der Waals surface area contributed by atoms with Gasteiger partial charge in [0.2, 0.25) is 0 Å². The first-order valence-corrected chi connectivity index (χ1v) is 10.8. The van der Waals surface area contributed by atoms with Crippen LogP contribution in [0.5, 0.6) is 0 Å². The average molecular weight is 409 g/mol. The van der Waals surface area contributed by atoms with Crippen molar-refractivity contribution in [2.45, 2.75) is 30.7 Å². The number of fused-ring (bicyclic) bond motifs is 5. The Hall–Kier alpha value is -3.13. The summed E-state index contributed by atoms with van der Waals surface area (Å²) in [5.74, 6) is -0.754. The van der Waals surface area contributed by atoms with E-state index in [4.69, 9.17) is 0 Å². The lowest BCUT2D eigenvalue weighted by atomic mass is 9.87. The minimum atomic E-state index is -4.30. The van der Waals surface area contributed by atoms with Crippen LogP contribution in [0.2, 0.25) is 0 Å². The summed E-state index contributed by atoms with van der Waals surface area (Å²) in [5, 5.41) is 0.989. The number of rotatable bonds is 2. The second kappa shape index (κ2) is 5.70. The van der Waals surface area contributed by atoms with E-state index in [0.29, 0.717) is 16.4 Å². The molecule has 1 N–H and O–H groups in total. The first-order chi connectivity index (χ1) is 13.8. The fourth-order valence-electron chi connectivity index (χ4n) is 4.39. The second-order valence-electron chi connectivity index (χ2n) is 7.67. The van der Waals surface area contributed by atoms with E-state index in [9.17, 15) is 18.0 Å². The minimum Gasteiger partial charge on any atom is -0.356 e. The molecule has 3 amide bonds. The number of sulfonamides is 1. The molecule has 0 bridgehead atoms. The number of urea groups is 1. The van der Waals surface area contributed by atoms with Crippen LogP contribution >= 0.6 is 0 Å². The number of hydrogen-bond donors (Lipinski definition) is 1. The van der Waals surface area contributed by atoms with Crippen LogP contribution in [-0.2, 0) is 26.8 Å². The highest BCUT2D eigenvalue weighted by Gasteiger charge is 2.62. The SMILES string of the molecule is Cc1ccc(S(=O)(=O)N2C(=O)N3CCc4c([nH]c5ccccc45)C3(C)C2=O)cc1. The van der Waals surface area contributed by atoms with Gasteiger partial charge in [0.15, 0.2) is 5.54 Å². The number of benzene rings is 2. The summed E-state index contributed by atoms with van der Waals surface area (Å²) in [6, 6.07) is 13.0. The molecule has 148 valence electrons. The van der Waals surface area contributed by atoms with Gasteiger partial charge < -0.3 is 9.88 Å². The molecule has 1 saturated heterocycles. The molecule has 3 heterocycles. The Kier molecular flexibility index (Phi) is 3.52. The third-order valence-electron chi connectivity index (χ3n) is 5.99. The van der Waals surface area contributed by atoms with Gasteiger partial charge in [-0.3, -0.25) is 4.79 Å². The van der Waals surface area contributed by atoms with Crippen molar-refractivity contribution in [3.63, 3.8) is 0 Å². The Balaban J connectivity index is 1.67. The number of nitrogens with one attached hydrogen (secondary N) is 1. The van der Waals surface area contributed by atoms with E-state index in [1.807, 2.05) is 31.2 Å². The molecule has 7 nitrogen and oxygen atoms in total.